The van der Waals surface area contributed by atoms with Gasteiger partial charge in [-0.3, -0.25) is 9.59 Å². The van der Waals surface area contributed by atoms with Crippen LogP contribution in [0.4, 0.5) is 0 Å². The highest BCUT2D eigenvalue weighted by Gasteiger charge is 2.31. The molecule has 0 spiro atoms. The molecule has 2 N–H and O–H groups in total. The van der Waals surface area contributed by atoms with Crippen molar-refractivity contribution in [2.45, 2.75) is 78.3 Å². The Hall–Kier alpha value is -3.56. The third-order valence-electron chi connectivity index (χ3n) is 5.22. The van der Waals surface area contributed by atoms with Crippen molar-refractivity contribution in [3.8, 4) is 0 Å². The van der Waals surface area contributed by atoms with Gasteiger partial charge in [-0.05, 0) is 58.7 Å². The first-order valence-electron chi connectivity index (χ1n) is 11.5. The van der Waals surface area contributed by atoms with Crippen LogP contribution >= 0.6 is 0 Å². The van der Waals surface area contributed by atoms with Crippen LogP contribution in [0.1, 0.15) is 98.5 Å². The summed E-state index contributed by atoms with van der Waals surface area (Å²) < 4.78 is 10.5. The lowest BCUT2D eigenvalue weighted by molar-refractivity contribution is 0.0906. The van der Waals surface area contributed by atoms with Gasteiger partial charge in [-0.1, -0.05) is 30.2 Å². The minimum absolute atomic E-state index is 0.334. The number of aryl methyl sites for hydroxylation is 2. The van der Waals surface area contributed by atoms with E-state index in [4.69, 9.17) is 9.05 Å². The van der Waals surface area contributed by atoms with Gasteiger partial charge in [0.25, 0.3) is 11.8 Å². The SMILES string of the molecule is CCCc1nc(C(C)(C)NC(=O)c2cccc(C(=O)NC(C)(C)c3noc(CCC)n3)c2)no1. The van der Waals surface area contributed by atoms with Crippen LogP contribution in [0.25, 0.3) is 0 Å². The smallest absolute Gasteiger partial charge is 0.252 e. The van der Waals surface area contributed by atoms with Crippen LogP contribution in [0.15, 0.2) is 33.3 Å². The van der Waals surface area contributed by atoms with Crippen LogP contribution in [0.3, 0.4) is 0 Å². The predicted molar refractivity (Wildman–Crippen MR) is 124 cm³/mol. The van der Waals surface area contributed by atoms with E-state index >= 15 is 0 Å². The first-order chi connectivity index (χ1) is 16.1. The Morgan fingerprint density at radius 3 is 1.59 bits per heavy atom. The summed E-state index contributed by atoms with van der Waals surface area (Å²) in [6.07, 6.45) is 3.11. The summed E-state index contributed by atoms with van der Waals surface area (Å²) in [5.74, 6) is 1.13. The molecule has 0 fully saturated rings. The number of nitrogens with zero attached hydrogens (tertiary/aromatic N) is 4. The Morgan fingerprint density at radius 1 is 0.794 bits per heavy atom. The molecule has 0 aliphatic heterocycles. The number of nitrogens with one attached hydrogen (secondary N) is 2. The lowest BCUT2D eigenvalue weighted by Crippen LogP contribution is -2.42. The molecule has 10 heteroatoms. The van der Waals surface area contributed by atoms with Crippen LogP contribution in [-0.4, -0.2) is 32.1 Å². The topological polar surface area (TPSA) is 136 Å². The molecule has 0 saturated heterocycles. The first kappa shape index (κ1) is 25.1. The number of carbonyl (C=O) groups excluding carboxylic acids is 2. The molecule has 3 rings (SSSR count). The number of benzene rings is 1. The van der Waals surface area contributed by atoms with E-state index < -0.39 is 11.1 Å². The van der Waals surface area contributed by atoms with Crippen LogP contribution in [-0.2, 0) is 23.9 Å². The number of aromatic nitrogens is 4. The molecule has 1 aromatic carbocycles. The van der Waals surface area contributed by atoms with Gasteiger partial charge in [-0.15, -0.1) is 0 Å². The summed E-state index contributed by atoms with van der Waals surface area (Å²) in [4.78, 5) is 34.6. The van der Waals surface area contributed by atoms with Crippen LogP contribution in [0, 0.1) is 0 Å². The average molecular weight is 469 g/mol. The molecule has 0 atom stereocenters. The molecular weight excluding hydrogens is 436 g/mol. The fraction of sp³-hybridized carbons (Fsp3) is 0.500. The fourth-order valence-electron chi connectivity index (χ4n) is 3.27. The van der Waals surface area contributed by atoms with Gasteiger partial charge >= 0.3 is 0 Å². The Kier molecular flexibility index (Phi) is 7.48. The largest absolute Gasteiger partial charge is 0.340 e. The molecule has 34 heavy (non-hydrogen) atoms. The Morgan fingerprint density at radius 2 is 1.21 bits per heavy atom. The van der Waals surface area contributed by atoms with E-state index in [9.17, 15) is 9.59 Å². The maximum absolute atomic E-state index is 13.0. The van der Waals surface area contributed by atoms with Crippen LogP contribution < -0.4 is 10.6 Å². The monoisotopic (exact) mass is 468 g/mol. The van der Waals surface area contributed by atoms with Gasteiger partial charge in [0.05, 0.1) is 11.1 Å². The van der Waals surface area contributed by atoms with Gasteiger partial charge in [-0.25, -0.2) is 0 Å². The van der Waals surface area contributed by atoms with Gasteiger partial charge in [0, 0.05) is 24.0 Å². The number of rotatable bonds is 10. The zero-order valence-corrected chi connectivity index (χ0v) is 20.6. The van der Waals surface area contributed by atoms with Crippen molar-refractivity contribution >= 4 is 11.8 Å². The zero-order chi connectivity index (χ0) is 24.9. The quantitative estimate of drug-likeness (QED) is 0.460. The second-order valence-corrected chi connectivity index (χ2v) is 9.26. The standard InChI is InChI=1S/C24H32N6O4/c1-7-10-17-25-21(29-33-17)23(3,4)27-19(31)15-12-9-13-16(14-15)20(32)28-24(5,6)22-26-18(11-8-2)34-30-22/h9,12-14H,7-8,10-11H2,1-6H3,(H,27,31)(H,28,32). The lowest BCUT2D eigenvalue weighted by Gasteiger charge is -2.23. The number of carbonyl (C=O) groups is 2. The minimum Gasteiger partial charge on any atom is -0.340 e. The molecule has 10 nitrogen and oxygen atoms in total. The van der Waals surface area contributed by atoms with Crippen molar-refractivity contribution in [1.29, 1.82) is 0 Å². The summed E-state index contributed by atoms with van der Waals surface area (Å²) in [7, 11) is 0. The van der Waals surface area contributed by atoms with Crippen molar-refractivity contribution in [3.05, 3.63) is 58.8 Å². The highest BCUT2D eigenvalue weighted by molar-refractivity contribution is 6.00. The van der Waals surface area contributed by atoms with Crippen LogP contribution in [0.2, 0.25) is 0 Å². The number of amides is 2. The second kappa shape index (κ2) is 10.1. The van der Waals surface area contributed by atoms with E-state index in [1.54, 1.807) is 45.9 Å². The van der Waals surface area contributed by atoms with Crippen molar-refractivity contribution in [2.75, 3.05) is 0 Å². The molecule has 2 aromatic heterocycles. The maximum atomic E-state index is 13.0. The summed E-state index contributed by atoms with van der Waals surface area (Å²) in [6.45, 7) is 11.2. The molecule has 3 aromatic rings. The third kappa shape index (κ3) is 5.86. The molecule has 2 heterocycles. The van der Waals surface area contributed by atoms with Gasteiger partial charge in [-0.2, -0.15) is 9.97 Å². The van der Waals surface area contributed by atoms with Gasteiger partial charge in [0.2, 0.25) is 11.8 Å². The normalized spacial score (nSPS) is 11.9. The zero-order valence-electron chi connectivity index (χ0n) is 20.6. The number of hydrogen-bond donors (Lipinski definition) is 2. The summed E-state index contributed by atoms with van der Waals surface area (Å²) >= 11 is 0. The molecule has 0 bridgehead atoms. The average Bonchev–Trinajstić information content (AvgIpc) is 3.44. The summed E-state index contributed by atoms with van der Waals surface area (Å²) in [5.41, 5.74) is -1.05. The number of hydrogen-bond acceptors (Lipinski definition) is 8. The molecular formula is C24H32N6O4. The Labute approximate surface area is 198 Å². The molecule has 0 saturated carbocycles. The van der Waals surface area contributed by atoms with E-state index in [0.717, 1.165) is 12.8 Å². The van der Waals surface area contributed by atoms with E-state index in [2.05, 4.69) is 30.9 Å². The van der Waals surface area contributed by atoms with Gasteiger partial charge in [0.15, 0.2) is 11.6 Å². The van der Waals surface area contributed by atoms with Gasteiger partial charge < -0.3 is 19.7 Å². The minimum atomic E-state index is -0.859. The molecule has 0 aliphatic carbocycles. The van der Waals surface area contributed by atoms with Crippen molar-refractivity contribution < 1.29 is 18.6 Å². The van der Waals surface area contributed by atoms with Crippen LogP contribution in [0.5, 0.6) is 0 Å². The maximum Gasteiger partial charge on any atom is 0.252 e. The molecule has 182 valence electrons. The predicted octanol–water partition coefficient (Wildman–Crippen LogP) is 3.69. The molecule has 0 aliphatic rings. The summed E-state index contributed by atoms with van der Waals surface area (Å²) in [6, 6.07) is 6.48. The third-order valence-corrected chi connectivity index (χ3v) is 5.22. The molecule has 0 radical (unpaired) electrons. The van der Waals surface area contributed by atoms with Crippen molar-refractivity contribution in [3.63, 3.8) is 0 Å². The van der Waals surface area contributed by atoms with E-state index in [1.807, 2.05) is 13.8 Å². The van der Waals surface area contributed by atoms with E-state index in [-0.39, 0.29) is 11.8 Å². The van der Waals surface area contributed by atoms with E-state index in [1.165, 1.54) is 6.07 Å². The molecule has 2 amide bonds. The Bertz CT molecular complexity index is 1060. The highest BCUT2D eigenvalue weighted by atomic mass is 16.5. The Balaban J connectivity index is 1.71. The van der Waals surface area contributed by atoms with Crippen molar-refractivity contribution in [2.24, 2.45) is 0 Å². The highest BCUT2D eigenvalue weighted by Crippen LogP contribution is 2.20. The van der Waals surface area contributed by atoms with Gasteiger partial charge in [0.1, 0.15) is 0 Å². The van der Waals surface area contributed by atoms with Crippen molar-refractivity contribution in [1.82, 2.24) is 30.9 Å². The lowest BCUT2D eigenvalue weighted by atomic mass is 10.0. The fourth-order valence-corrected chi connectivity index (χ4v) is 3.27. The molecule has 0 unspecified atom stereocenters. The first-order valence-corrected chi connectivity index (χ1v) is 11.5. The summed E-state index contributed by atoms with van der Waals surface area (Å²) in [5, 5.41) is 13.8. The van der Waals surface area contributed by atoms with E-state index in [0.29, 0.717) is 47.4 Å². The second-order valence-electron chi connectivity index (χ2n) is 9.26.